The molecule has 0 aliphatic heterocycles. The molecule has 0 unspecified atom stereocenters. The average molecular weight is 298 g/mol. The number of aliphatic hydroxyl groups is 1. The molecule has 1 amide bonds. The first kappa shape index (κ1) is 13.9. The largest absolute Gasteiger partial charge is 0.378 e. The lowest BCUT2D eigenvalue weighted by atomic mass is 9.55. The van der Waals surface area contributed by atoms with E-state index in [2.05, 4.69) is 10.5 Å². The summed E-state index contributed by atoms with van der Waals surface area (Å²) < 4.78 is 0. The summed E-state index contributed by atoms with van der Waals surface area (Å²) in [5, 5.41) is 14.5. The third-order valence-corrected chi connectivity index (χ3v) is 5.63. The van der Waals surface area contributed by atoms with E-state index in [0.29, 0.717) is 17.4 Å². The number of nitrogens with zero attached hydrogens (tertiary/aromatic N) is 1. The molecule has 1 atom stereocenters. The number of rotatable bonds is 3. The van der Waals surface area contributed by atoms with Crippen LogP contribution in [0.5, 0.6) is 0 Å². The Bertz CT molecular complexity index is 566. The third-order valence-electron chi connectivity index (χ3n) is 5.63. The van der Waals surface area contributed by atoms with Crippen molar-refractivity contribution in [2.75, 3.05) is 0 Å². The number of carbonyl (C=O) groups is 1. The third kappa shape index (κ3) is 2.45. The molecule has 1 aromatic rings. The quantitative estimate of drug-likeness (QED) is 0.843. The molecule has 0 spiro atoms. The summed E-state index contributed by atoms with van der Waals surface area (Å²) in [6, 6.07) is 8.99. The standard InChI is InChI=1S/C18H22N2O2/c21-17(13-4-2-1-3-5-13)18(22)20-19-16-14-7-11-6-12(9-14)10-15(16)8-11/h1-5,11-12,14-15,17,21H,6-10H2,(H,20,22)/t11?,12?,14?,15?,17-/m1/s1. The van der Waals surface area contributed by atoms with Crippen molar-refractivity contribution in [1.29, 1.82) is 0 Å². The van der Waals surface area contributed by atoms with Gasteiger partial charge in [-0.2, -0.15) is 5.10 Å². The maximum absolute atomic E-state index is 12.1. The zero-order chi connectivity index (χ0) is 15.1. The van der Waals surface area contributed by atoms with Crippen LogP contribution in [0.25, 0.3) is 0 Å². The molecule has 1 aromatic carbocycles. The average Bonchev–Trinajstić information content (AvgIpc) is 2.53. The van der Waals surface area contributed by atoms with E-state index >= 15 is 0 Å². The molecule has 4 nitrogen and oxygen atoms in total. The van der Waals surface area contributed by atoms with Gasteiger partial charge in [0.1, 0.15) is 0 Å². The first-order valence-corrected chi connectivity index (χ1v) is 8.31. The van der Waals surface area contributed by atoms with Gasteiger partial charge < -0.3 is 5.11 Å². The van der Waals surface area contributed by atoms with Gasteiger partial charge in [0.25, 0.3) is 5.91 Å². The summed E-state index contributed by atoms with van der Waals surface area (Å²) in [5.74, 6) is 2.45. The Kier molecular flexibility index (Phi) is 3.49. The zero-order valence-corrected chi connectivity index (χ0v) is 12.6. The van der Waals surface area contributed by atoms with Crippen LogP contribution in [0.15, 0.2) is 35.4 Å². The molecular formula is C18H22N2O2. The van der Waals surface area contributed by atoms with Crippen molar-refractivity contribution in [3.05, 3.63) is 35.9 Å². The van der Waals surface area contributed by atoms with E-state index in [-0.39, 0.29) is 0 Å². The second-order valence-electron chi connectivity index (χ2n) is 7.13. The van der Waals surface area contributed by atoms with Crippen LogP contribution in [0, 0.1) is 23.7 Å². The molecule has 4 fully saturated rings. The molecule has 4 aliphatic carbocycles. The lowest BCUT2D eigenvalue weighted by molar-refractivity contribution is -0.129. The number of hydrogen-bond donors (Lipinski definition) is 2. The first-order valence-electron chi connectivity index (χ1n) is 8.31. The Morgan fingerprint density at radius 3 is 2.23 bits per heavy atom. The molecule has 0 saturated heterocycles. The Hall–Kier alpha value is -1.68. The molecule has 5 rings (SSSR count). The highest BCUT2D eigenvalue weighted by Gasteiger charge is 2.46. The van der Waals surface area contributed by atoms with Crippen LogP contribution in [-0.2, 0) is 4.79 Å². The maximum atomic E-state index is 12.1. The lowest BCUT2D eigenvalue weighted by Gasteiger charge is -2.50. The van der Waals surface area contributed by atoms with E-state index in [1.807, 2.05) is 18.2 Å². The minimum Gasteiger partial charge on any atom is -0.378 e. The first-order chi connectivity index (χ1) is 10.7. The highest BCUT2D eigenvalue weighted by molar-refractivity contribution is 5.92. The number of nitrogens with one attached hydrogen (secondary N) is 1. The number of aliphatic hydroxyl groups excluding tert-OH is 1. The monoisotopic (exact) mass is 298 g/mol. The van der Waals surface area contributed by atoms with Crippen LogP contribution in [0.4, 0.5) is 0 Å². The molecule has 0 radical (unpaired) electrons. The SMILES string of the molecule is O=C(NN=C1C2CC3CC(C2)CC1C3)[C@H](O)c1ccccc1. The summed E-state index contributed by atoms with van der Waals surface area (Å²) >= 11 is 0. The molecule has 4 heteroatoms. The predicted octanol–water partition coefficient (Wildman–Crippen LogP) is 2.65. The number of carbonyl (C=O) groups excluding carboxylic acids is 1. The van der Waals surface area contributed by atoms with Gasteiger partial charge in [-0.15, -0.1) is 0 Å². The van der Waals surface area contributed by atoms with Crippen molar-refractivity contribution in [2.45, 2.75) is 38.2 Å². The number of hydrazone groups is 1. The highest BCUT2D eigenvalue weighted by atomic mass is 16.3. The molecule has 2 N–H and O–H groups in total. The normalized spacial score (nSPS) is 33.6. The van der Waals surface area contributed by atoms with E-state index in [4.69, 9.17) is 0 Å². The molecule has 0 aromatic heterocycles. The fourth-order valence-corrected chi connectivity index (χ4v) is 4.82. The van der Waals surface area contributed by atoms with E-state index in [9.17, 15) is 9.90 Å². The van der Waals surface area contributed by atoms with Gasteiger partial charge in [-0.3, -0.25) is 4.79 Å². The maximum Gasteiger partial charge on any atom is 0.273 e. The van der Waals surface area contributed by atoms with Gasteiger partial charge in [0.2, 0.25) is 0 Å². The van der Waals surface area contributed by atoms with Crippen LogP contribution in [0.2, 0.25) is 0 Å². The van der Waals surface area contributed by atoms with Gasteiger partial charge in [0.15, 0.2) is 6.10 Å². The van der Waals surface area contributed by atoms with Gasteiger partial charge >= 0.3 is 0 Å². The van der Waals surface area contributed by atoms with Crippen molar-refractivity contribution >= 4 is 11.6 Å². The van der Waals surface area contributed by atoms with Crippen LogP contribution in [0.1, 0.15) is 43.8 Å². The molecule has 4 saturated carbocycles. The second kappa shape index (κ2) is 5.51. The molecular weight excluding hydrogens is 276 g/mol. The minimum atomic E-state index is -1.15. The van der Waals surface area contributed by atoms with Gasteiger partial charge in [0.05, 0.1) is 0 Å². The molecule has 22 heavy (non-hydrogen) atoms. The number of amides is 1. The Morgan fingerprint density at radius 1 is 1.05 bits per heavy atom. The summed E-state index contributed by atoms with van der Waals surface area (Å²) in [5.41, 5.74) is 4.39. The number of hydrogen-bond acceptors (Lipinski definition) is 3. The smallest absolute Gasteiger partial charge is 0.273 e. The van der Waals surface area contributed by atoms with Crippen molar-refractivity contribution in [2.24, 2.45) is 28.8 Å². The van der Waals surface area contributed by atoms with E-state index < -0.39 is 12.0 Å². The molecule has 0 heterocycles. The lowest BCUT2D eigenvalue weighted by Crippen LogP contribution is -2.46. The zero-order valence-electron chi connectivity index (χ0n) is 12.6. The van der Waals surface area contributed by atoms with Gasteiger partial charge in [0, 0.05) is 5.71 Å². The van der Waals surface area contributed by atoms with Crippen molar-refractivity contribution in [1.82, 2.24) is 5.43 Å². The fraction of sp³-hybridized carbons (Fsp3) is 0.556. The van der Waals surface area contributed by atoms with E-state index in [0.717, 1.165) is 11.8 Å². The predicted molar refractivity (Wildman–Crippen MR) is 84.0 cm³/mol. The van der Waals surface area contributed by atoms with Crippen LogP contribution in [-0.4, -0.2) is 16.7 Å². The molecule has 4 aliphatic rings. The number of benzene rings is 1. The van der Waals surface area contributed by atoms with Gasteiger partial charge in [-0.25, -0.2) is 5.43 Å². The van der Waals surface area contributed by atoms with Crippen molar-refractivity contribution in [3.8, 4) is 0 Å². The van der Waals surface area contributed by atoms with Crippen molar-refractivity contribution in [3.63, 3.8) is 0 Å². The minimum absolute atomic E-state index is 0.437. The second-order valence-corrected chi connectivity index (χ2v) is 7.13. The van der Waals surface area contributed by atoms with Gasteiger partial charge in [-0.1, -0.05) is 30.3 Å². The Balaban J connectivity index is 1.44. The van der Waals surface area contributed by atoms with Crippen LogP contribution >= 0.6 is 0 Å². The summed E-state index contributed by atoms with van der Waals surface area (Å²) in [6.45, 7) is 0. The Morgan fingerprint density at radius 2 is 1.64 bits per heavy atom. The van der Waals surface area contributed by atoms with Crippen LogP contribution < -0.4 is 5.43 Å². The van der Waals surface area contributed by atoms with E-state index in [1.54, 1.807) is 12.1 Å². The Labute approximate surface area is 130 Å². The fourth-order valence-electron chi connectivity index (χ4n) is 4.82. The molecule has 4 bridgehead atoms. The highest BCUT2D eigenvalue weighted by Crippen LogP contribution is 2.52. The van der Waals surface area contributed by atoms with Gasteiger partial charge in [-0.05, 0) is 61.3 Å². The van der Waals surface area contributed by atoms with E-state index in [1.165, 1.54) is 37.8 Å². The summed E-state index contributed by atoms with van der Waals surface area (Å²) in [4.78, 5) is 12.1. The topological polar surface area (TPSA) is 61.7 Å². The molecule has 116 valence electrons. The summed E-state index contributed by atoms with van der Waals surface area (Å²) in [7, 11) is 0. The van der Waals surface area contributed by atoms with Crippen molar-refractivity contribution < 1.29 is 9.90 Å². The van der Waals surface area contributed by atoms with Crippen LogP contribution in [0.3, 0.4) is 0 Å². The summed E-state index contributed by atoms with van der Waals surface area (Å²) in [6.07, 6.45) is 5.21.